The van der Waals surface area contributed by atoms with E-state index in [1.165, 1.54) is 64.2 Å². The predicted octanol–water partition coefficient (Wildman–Crippen LogP) is 7.63. The minimum Gasteiger partial charge on any atom is -0.477 e. The number of aliphatic carboxylic acids is 1. The van der Waals surface area contributed by atoms with Crippen LogP contribution in [0.4, 0.5) is 0 Å². The summed E-state index contributed by atoms with van der Waals surface area (Å²) in [6.45, 7) is 4.60. The second-order valence-corrected chi connectivity index (χ2v) is 12.4. The second-order valence-electron chi connectivity index (χ2n) is 12.4. The van der Waals surface area contributed by atoms with E-state index in [1.807, 2.05) is 27.2 Å². The van der Waals surface area contributed by atoms with Crippen LogP contribution < -0.4 is 0 Å². The van der Waals surface area contributed by atoms with Crippen LogP contribution in [-0.4, -0.2) is 80.6 Å². The lowest BCUT2D eigenvalue weighted by molar-refractivity contribution is -0.887. The highest BCUT2D eigenvalue weighted by atomic mass is 16.6. The zero-order chi connectivity index (χ0) is 31.5. The van der Waals surface area contributed by atoms with Gasteiger partial charge in [-0.1, -0.05) is 103 Å². The van der Waals surface area contributed by atoms with Gasteiger partial charge < -0.3 is 23.8 Å². The first-order valence-corrected chi connectivity index (χ1v) is 16.7. The number of carbonyl (C=O) groups is 3. The molecule has 0 saturated heterocycles. The topological polar surface area (TPSA) is 99.1 Å². The zero-order valence-electron chi connectivity index (χ0n) is 27.7. The molecule has 0 aromatic heterocycles. The molecule has 2 atom stereocenters. The SMILES string of the molecule is CCCCC/C=C/CCC(=O)OC(COCCC(C(=O)O)[N+](C)(C)C)COC(=O)CCCCCCCCCCCCC. The number of unbranched alkanes of at least 4 members (excludes halogenated alkanes) is 13. The number of rotatable bonds is 29. The Hall–Kier alpha value is -1.93. The van der Waals surface area contributed by atoms with E-state index in [0.29, 0.717) is 19.3 Å². The lowest BCUT2D eigenvalue weighted by atomic mass is 10.1. The molecule has 0 radical (unpaired) electrons. The third-order valence-electron chi connectivity index (χ3n) is 7.43. The fraction of sp³-hybridized carbons (Fsp3) is 0.853. The van der Waals surface area contributed by atoms with Crippen LogP contribution in [0.25, 0.3) is 0 Å². The van der Waals surface area contributed by atoms with E-state index in [4.69, 9.17) is 14.2 Å². The third-order valence-corrected chi connectivity index (χ3v) is 7.43. The standard InChI is InChI=1S/C34H63NO7/c1-6-8-10-12-14-15-16-17-19-20-22-24-32(36)41-29-30(28-40-27-26-31(34(38)39)35(3,4)5)42-33(37)25-23-21-18-13-11-9-7-2/h18,21,30-31H,6-17,19-20,22-29H2,1-5H3/p+1/b21-18+. The number of esters is 2. The van der Waals surface area contributed by atoms with Crippen molar-refractivity contribution in [1.82, 2.24) is 0 Å². The first-order valence-electron chi connectivity index (χ1n) is 16.7. The summed E-state index contributed by atoms with van der Waals surface area (Å²) in [6, 6.07) is -0.612. The fourth-order valence-electron chi connectivity index (χ4n) is 4.75. The monoisotopic (exact) mass is 598 g/mol. The molecule has 0 rings (SSSR count). The third kappa shape index (κ3) is 24.6. The Morgan fingerprint density at radius 2 is 1.24 bits per heavy atom. The number of carboxylic acid groups (broad SMARTS) is 1. The van der Waals surface area contributed by atoms with Crippen LogP contribution in [0.3, 0.4) is 0 Å². The summed E-state index contributed by atoms with van der Waals surface area (Å²) >= 11 is 0. The Morgan fingerprint density at radius 1 is 0.690 bits per heavy atom. The van der Waals surface area contributed by atoms with Crippen molar-refractivity contribution in [3.05, 3.63) is 12.2 Å². The van der Waals surface area contributed by atoms with E-state index in [9.17, 15) is 19.5 Å². The average Bonchev–Trinajstić information content (AvgIpc) is 2.92. The quantitative estimate of drug-likeness (QED) is 0.0409. The average molecular weight is 599 g/mol. The largest absolute Gasteiger partial charge is 0.477 e. The molecule has 0 heterocycles. The van der Waals surface area contributed by atoms with E-state index < -0.39 is 18.1 Å². The number of hydrogen-bond donors (Lipinski definition) is 1. The minimum absolute atomic E-state index is 0.0494. The lowest BCUT2D eigenvalue weighted by Crippen LogP contribution is -2.50. The van der Waals surface area contributed by atoms with Crippen molar-refractivity contribution in [3.63, 3.8) is 0 Å². The highest BCUT2D eigenvalue weighted by molar-refractivity contribution is 5.72. The lowest BCUT2D eigenvalue weighted by Gasteiger charge is -2.31. The first-order chi connectivity index (χ1) is 20.1. The van der Waals surface area contributed by atoms with Gasteiger partial charge in [-0.15, -0.1) is 0 Å². The Kier molecular flexibility index (Phi) is 25.5. The molecule has 0 bridgehead atoms. The van der Waals surface area contributed by atoms with Crippen LogP contribution in [-0.2, 0) is 28.6 Å². The molecule has 0 aliphatic carbocycles. The van der Waals surface area contributed by atoms with Crippen molar-refractivity contribution in [1.29, 1.82) is 0 Å². The van der Waals surface area contributed by atoms with E-state index in [-0.39, 0.29) is 42.7 Å². The number of carboxylic acids is 1. The number of carbonyl (C=O) groups excluding carboxylic acids is 2. The molecule has 246 valence electrons. The van der Waals surface area contributed by atoms with Crippen molar-refractivity contribution in [2.45, 2.75) is 148 Å². The first kappa shape index (κ1) is 40.1. The van der Waals surface area contributed by atoms with Gasteiger partial charge in [-0.2, -0.15) is 0 Å². The molecule has 0 aliphatic heterocycles. The van der Waals surface area contributed by atoms with Crippen molar-refractivity contribution in [3.8, 4) is 0 Å². The molecule has 0 saturated carbocycles. The summed E-state index contributed by atoms with van der Waals surface area (Å²) in [4.78, 5) is 36.4. The summed E-state index contributed by atoms with van der Waals surface area (Å²) in [6.07, 6.45) is 22.8. The highest BCUT2D eigenvalue weighted by Gasteiger charge is 2.31. The summed E-state index contributed by atoms with van der Waals surface area (Å²) < 4.78 is 17.0. The van der Waals surface area contributed by atoms with E-state index in [0.717, 1.165) is 32.1 Å². The molecule has 0 fully saturated rings. The van der Waals surface area contributed by atoms with Gasteiger partial charge in [0.25, 0.3) is 0 Å². The summed E-state index contributed by atoms with van der Waals surface area (Å²) in [7, 11) is 5.49. The Morgan fingerprint density at radius 3 is 1.81 bits per heavy atom. The summed E-state index contributed by atoms with van der Waals surface area (Å²) in [5.74, 6) is -1.54. The van der Waals surface area contributed by atoms with Gasteiger partial charge in [0.1, 0.15) is 6.61 Å². The van der Waals surface area contributed by atoms with Crippen LogP contribution in [0, 0.1) is 0 Å². The normalized spacial score (nSPS) is 13.3. The molecule has 0 aromatic carbocycles. The van der Waals surface area contributed by atoms with Gasteiger partial charge in [-0.05, 0) is 25.7 Å². The van der Waals surface area contributed by atoms with Gasteiger partial charge in [0.2, 0.25) is 0 Å². The number of nitrogens with zero attached hydrogens (tertiary/aromatic N) is 1. The minimum atomic E-state index is -0.881. The molecular weight excluding hydrogens is 534 g/mol. The smallest absolute Gasteiger partial charge is 0.362 e. The highest BCUT2D eigenvalue weighted by Crippen LogP contribution is 2.13. The van der Waals surface area contributed by atoms with E-state index >= 15 is 0 Å². The molecule has 8 nitrogen and oxygen atoms in total. The maximum Gasteiger partial charge on any atom is 0.362 e. The summed E-state index contributed by atoms with van der Waals surface area (Å²) in [5.41, 5.74) is 0. The van der Waals surface area contributed by atoms with Crippen molar-refractivity contribution in [2.24, 2.45) is 0 Å². The number of hydrogen-bond acceptors (Lipinski definition) is 6. The predicted molar refractivity (Wildman–Crippen MR) is 169 cm³/mol. The van der Waals surface area contributed by atoms with Gasteiger partial charge in [0, 0.05) is 19.3 Å². The molecule has 1 N–H and O–H groups in total. The maximum atomic E-state index is 12.4. The van der Waals surface area contributed by atoms with Crippen molar-refractivity contribution < 1.29 is 38.2 Å². The molecule has 0 amide bonds. The molecule has 42 heavy (non-hydrogen) atoms. The van der Waals surface area contributed by atoms with Crippen LogP contribution in [0.15, 0.2) is 12.2 Å². The number of ether oxygens (including phenoxy) is 3. The molecule has 8 heteroatoms. The van der Waals surface area contributed by atoms with Crippen LogP contribution in [0.5, 0.6) is 0 Å². The van der Waals surface area contributed by atoms with E-state index in [2.05, 4.69) is 19.9 Å². The van der Waals surface area contributed by atoms with Gasteiger partial charge in [-0.25, -0.2) is 4.79 Å². The van der Waals surface area contributed by atoms with Crippen LogP contribution in [0.2, 0.25) is 0 Å². The van der Waals surface area contributed by atoms with Crippen LogP contribution >= 0.6 is 0 Å². The van der Waals surface area contributed by atoms with Gasteiger partial charge in [0.05, 0.1) is 34.4 Å². The molecule has 0 aromatic rings. The zero-order valence-corrected chi connectivity index (χ0v) is 27.7. The molecule has 2 unspecified atom stereocenters. The Bertz CT molecular complexity index is 717. The second kappa shape index (κ2) is 26.7. The van der Waals surface area contributed by atoms with Gasteiger partial charge in [0.15, 0.2) is 12.1 Å². The summed E-state index contributed by atoms with van der Waals surface area (Å²) in [5, 5.41) is 9.52. The van der Waals surface area contributed by atoms with Crippen LogP contribution in [0.1, 0.15) is 136 Å². The fourth-order valence-corrected chi connectivity index (χ4v) is 4.75. The maximum absolute atomic E-state index is 12.4. The molecular formula is C34H64NO7+. The van der Waals surface area contributed by atoms with Gasteiger partial charge >= 0.3 is 17.9 Å². The molecule has 0 spiro atoms. The Balaban J connectivity index is 4.48. The van der Waals surface area contributed by atoms with Gasteiger partial charge in [-0.3, -0.25) is 9.59 Å². The van der Waals surface area contributed by atoms with Crippen molar-refractivity contribution >= 4 is 17.9 Å². The Labute approximate surface area is 257 Å². The van der Waals surface area contributed by atoms with E-state index in [1.54, 1.807) is 0 Å². The number of likely N-dealkylation sites (N-methyl/N-ethyl adjacent to an activating group) is 1. The van der Waals surface area contributed by atoms with Crippen molar-refractivity contribution in [2.75, 3.05) is 41.0 Å². The molecule has 0 aliphatic rings. The number of quaternary nitrogens is 1. The number of allylic oxidation sites excluding steroid dienone is 2.